The van der Waals surface area contributed by atoms with Crippen LogP contribution in [0.2, 0.25) is 0 Å². The lowest BCUT2D eigenvalue weighted by atomic mass is 10.1. The fourth-order valence-electron chi connectivity index (χ4n) is 1.64. The molecular formula is C14H11BrF2N2O. The SMILES string of the molecule is Nc1cc(NC(=O)Cc2ccc(Br)cc2)c(F)cc1F. The molecule has 0 unspecified atom stereocenters. The molecule has 0 spiro atoms. The molecule has 20 heavy (non-hydrogen) atoms. The van der Waals surface area contributed by atoms with Crippen LogP contribution in [0.4, 0.5) is 20.2 Å². The molecule has 0 radical (unpaired) electrons. The number of carbonyl (C=O) groups excluding carboxylic acids is 1. The third-order valence-corrected chi connectivity index (χ3v) is 3.17. The van der Waals surface area contributed by atoms with Crippen molar-refractivity contribution in [3.63, 3.8) is 0 Å². The van der Waals surface area contributed by atoms with Crippen LogP contribution in [0, 0.1) is 11.6 Å². The van der Waals surface area contributed by atoms with Crippen LogP contribution < -0.4 is 11.1 Å². The van der Waals surface area contributed by atoms with E-state index in [0.717, 1.165) is 16.1 Å². The van der Waals surface area contributed by atoms with Gasteiger partial charge in [0.15, 0.2) is 0 Å². The molecule has 2 aromatic rings. The predicted molar refractivity (Wildman–Crippen MR) is 77.2 cm³/mol. The summed E-state index contributed by atoms with van der Waals surface area (Å²) in [5.74, 6) is -2.12. The van der Waals surface area contributed by atoms with E-state index in [1.165, 1.54) is 0 Å². The van der Waals surface area contributed by atoms with Gasteiger partial charge in [-0.25, -0.2) is 8.78 Å². The van der Waals surface area contributed by atoms with Gasteiger partial charge in [-0.1, -0.05) is 28.1 Å². The Bertz CT molecular complexity index is 644. The number of hydrogen-bond acceptors (Lipinski definition) is 2. The highest BCUT2D eigenvalue weighted by molar-refractivity contribution is 9.10. The van der Waals surface area contributed by atoms with Gasteiger partial charge in [0.1, 0.15) is 11.6 Å². The van der Waals surface area contributed by atoms with E-state index in [2.05, 4.69) is 21.2 Å². The maximum atomic E-state index is 13.5. The average molecular weight is 341 g/mol. The zero-order valence-corrected chi connectivity index (χ0v) is 11.9. The Morgan fingerprint density at radius 2 is 1.80 bits per heavy atom. The number of hydrogen-bond donors (Lipinski definition) is 2. The summed E-state index contributed by atoms with van der Waals surface area (Å²) in [5.41, 5.74) is 5.76. The Balaban J connectivity index is 2.08. The zero-order chi connectivity index (χ0) is 14.7. The van der Waals surface area contributed by atoms with Crippen molar-refractivity contribution in [3.05, 3.63) is 58.1 Å². The first-order chi connectivity index (χ1) is 9.45. The minimum absolute atomic E-state index is 0.0873. The number of benzene rings is 2. The second-order valence-corrected chi connectivity index (χ2v) is 5.12. The molecule has 0 bridgehead atoms. The molecule has 3 N–H and O–H groups in total. The van der Waals surface area contributed by atoms with Crippen molar-refractivity contribution in [2.75, 3.05) is 11.1 Å². The molecule has 1 amide bonds. The molecular weight excluding hydrogens is 330 g/mol. The number of halogens is 3. The van der Waals surface area contributed by atoms with Gasteiger partial charge >= 0.3 is 0 Å². The standard InChI is InChI=1S/C14H11BrF2N2O/c15-9-3-1-8(2-4-9)5-14(20)19-13-7-12(18)10(16)6-11(13)17/h1-4,6-7H,5,18H2,(H,19,20). The lowest BCUT2D eigenvalue weighted by Gasteiger charge is -2.08. The van der Waals surface area contributed by atoms with Crippen molar-refractivity contribution in [1.82, 2.24) is 0 Å². The Labute approximate surface area is 122 Å². The number of rotatable bonds is 3. The summed E-state index contributed by atoms with van der Waals surface area (Å²) >= 11 is 3.29. The Kier molecular flexibility index (Phi) is 4.34. The van der Waals surface area contributed by atoms with Gasteiger partial charge in [-0.3, -0.25) is 4.79 Å². The van der Waals surface area contributed by atoms with Crippen molar-refractivity contribution in [2.45, 2.75) is 6.42 Å². The van der Waals surface area contributed by atoms with Gasteiger partial charge in [0.25, 0.3) is 0 Å². The van der Waals surface area contributed by atoms with Gasteiger partial charge in [0, 0.05) is 10.5 Å². The van der Waals surface area contributed by atoms with Gasteiger partial charge in [-0.05, 0) is 23.8 Å². The quantitative estimate of drug-likeness (QED) is 0.840. The molecule has 2 aromatic carbocycles. The molecule has 6 heteroatoms. The van der Waals surface area contributed by atoms with Crippen LogP contribution in [0.1, 0.15) is 5.56 Å². The average Bonchev–Trinajstić information content (AvgIpc) is 2.39. The highest BCUT2D eigenvalue weighted by Crippen LogP contribution is 2.21. The first-order valence-corrected chi connectivity index (χ1v) is 6.54. The maximum Gasteiger partial charge on any atom is 0.228 e. The largest absolute Gasteiger partial charge is 0.396 e. The van der Waals surface area contributed by atoms with Gasteiger partial charge in [-0.15, -0.1) is 0 Å². The van der Waals surface area contributed by atoms with Crippen LogP contribution in [0.5, 0.6) is 0 Å². The number of nitrogens with two attached hydrogens (primary N) is 1. The van der Waals surface area contributed by atoms with Crippen LogP contribution in [0.25, 0.3) is 0 Å². The summed E-state index contributed by atoms with van der Waals surface area (Å²) in [6, 6.07) is 8.87. The molecule has 0 aliphatic heterocycles. The van der Waals surface area contributed by atoms with Crippen molar-refractivity contribution < 1.29 is 13.6 Å². The molecule has 0 saturated heterocycles. The summed E-state index contributed by atoms with van der Waals surface area (Å²) in [4.78, 5) is 11.8. The number of carbonyl (C=O) groups is 1. The normalized spacial score (nSPS) is 10.3. The maximum absolute atomic E-state index is 13.5. The van der Waals surface area contributed by atoms with Gasteiger partial charge in [0.2, 0.25) is 5.91 Å². The van der Waals surface area contributed by atoms with Crippen LogP contribution in [-0.2, 0) is 11.2 Å². The predicted octanol–water partition coefficient (Wildman–Crippen LogP) is 3.49. The summed E-state index contributed by atoms with van der Waals surface area (Å²) < 4.78 is 27.4. The fourth-order valence-corrected chi connectivity index (χ4v) is 1.91. The van der Waals surface area contributed by atoms with Gasteiger partial charge in [-0.2, -0.15) is 0 Å². The van der Waals surface area contributed by atoms with Crippen LogP contribution >= 0.6 is 15.9 Å². The summed E-state index contributed by atoms with van der Waals surface area (Å²) in [6.07, 6.45) is 0.0873. The third-order valence-electron chi connectivity index (χ3n) is 2.64. The second kappa shape index (κ2) is 6.00. The van der Waals surface area contributed by atoms with Crippen molar-refractivity contribution >= 4 is 33.2 Å². The lowest BCUT2D eigenvalue weighted by Crippen LogP contribution is -2.15. The van der Waals surface area contributed by atoms with Gasteiger partial charge < -0.3 is 11.1 Å². The Morgan fingerprint density at radius 3 is 2.45 bits per heavy atom. The fraction of sp³-hybridized carbons (Fsp3) is 0.0714. The second-order valence-electron chi connectivity index (χ2n) is 4.20. The summed E-state index contributed by atoms with van der Waals surface area (Å²) in [7, 11) is 0. The Hall–Kier alpha value is -1.95. The van der Waals surface area contributed by atoms with E-state index >= 15 is 0 Å². The molecule has 0 saturated carbocycles. The van der Waals surface area contributed by atoms with Crippen molar-refractivity contribution in [2.24, 2.45) is 0 Å². The molecule has 0 fully saturated rings. The highest BCUT2D eigenvalue weighted by Gasteiger charge is 2.11. The van der Waals surface area contributed by atoms with E-state index in [9.17, 15) is 13.6 Å². The van der Waals surface area contributed by atoms with Crippen LogP contribution in [0.3, 0.4) is 0 Å². The first-order valence-electron chi connectivity index (χ1n) is 5.74. The van der Waals surface area contributed by atoms with Gasteiger partial charge in [0.05, 0.1) is 17.8 Å². The zero-order valence-electron chi connectivity index (χ0n) is 10.3. The van der Waals surface area contributed by atoms with E-state index in [4.69, 9.17) is 5.73 Å². The number of amides is 1. The van der Waals surface area contributed by atoms with E-state index in [0.29, 0.717) is 6.07 Å². The third kappa shape index (κ3) is 3.54. The molecule has 2 rings (SSSR count). The van der Waals surface area contributed by atoms with E-state index < -0.39 is 17.5 Å². The Morgan fingerprint density at radius 1 is 1.15 bits per heavy atom. The number of anilines is 2. The minimum atomic E-state index is -0.860. The molecule has 0 aromatic heterocycles. The van der Waals surface area contributed by atoms with E-state index in [1.807, 2.05) is 0 Å². The molecule has 0 aliphatic rings. The van der Waals surface area contributed by atoms with Crippen molar-refractivity contribution in [3.8, 4) is 0 Å². The van der Waals surface area contributed by atoms with Crippen LogP contribution in [0.15, 0.2) is 40.9 Å². The van der Waals surface area contributed by atoms with Crippen molar-refractivity contribution in [1.29, 1.82) is 0 Å². The minimum Gasteiger partial charge on any atom is -0.396 e. The highest BCUT2D eigenvalue weighted by atomic mass is 79.9. The topological polar surface area (TPSA) is 55.1 Å². The van der Waals surface area contributed by atoms with E-state index in [1.54, 1.807) is 24.3 Å². The molecule has 0 heterocycles. The molecule has 0 aliphatic carbocycles. The first kappa shape index (κ1) is 14.5. The summed E-state index contributed by atoms with van der Waals surface area (Å²) in [6.45, 7) is 0. The number of nitrogens with one attached hydrogen (secondary N) is 1. The lowest BCUT2D eigenvalue weighted by molar-refractivity contribution is -0.115. The molecule has 3 nitrogen and oxygen atoms in total. The smallest absolute Gasteiger partial charge is 0.228 e. The monoisotopic (exact) mass is 340 g/mol. The summed E-state index contributed by atoms with van der Waals surface area (Å²) in [5, 5.41) is 2.37. The molecule has 0 atom stereocenters. The number of nitrogen functional groups attached to an aromatic ring is 1. The van der Waals surface area contributed by atoms with E-state index in [-0.39, 0.29) is 17.8 Å². The van der Waals surface area contributed by atoms with Crippen LogP contribution in [-0.4, -0.2) is 5.91 Å². The molecule has 104 valence electrons.